The molecule has 2 nitrogen and oxygen atoms in total. The SMILES string of the molecule is Cc1cc(O)cc(OCc2ccccc2)c1. The Morgan fingerprint density at radius 1 is 1.06 bits per heavy atom. The van der Waals surface area contributed by atoms with Crippen LogP contribution in [0.1, 0.15) is 11.1 Å². The molecule has 0 aliphatic rings. The van der Waals surface area contributed by atoms with E-state index in [0.29, 0.717) is 12.4 Å². The normalized spacial score (nSPS) is 10.1. The highest BCUT2D eigenvalue weighted by Crippen LogP contribution is 2.21. The van der Waals surface area contributed by atoms with E-state index in [9.17, 15) is 5.11 Å². The Hall–Kier alpha value is -1.96. The zero-order valence-corrected chi connectivity index (χ0v) is 9.18. The van der Waals surface area contributed by atoms with Gasteiger partial charge < -0.3 is 9.84 Å². The summed E-state index contributed by atoms with van der Waals surface area (Å²) >= 11 is 0. The van der Waals surface area contributed by atoms with Crippen LogP contribution in [0.2, 0.25) is 0 Å². The highest BCUT2D eigenvalue weighted by Gasteiger charge is 1.98. The van der Waals surface area contributed by atoms with E-state index in [2.05, 4.69) is 0 Å². The lowest BCUT2D eigenvalue weighted by Gasteiger charge is -2.07. The van der Waals surface area contributed by atoms with Crippen LogP contribution in [0.25, 0.3) is 0 Å². The number of hydrogen-bond donors (Lipinski definition) is 1. The highest BCUT2D eigenvalue weighted by molar-refractivity contribution is 5.37. The van der Waals surface area contributed by atoms with Crippen molar-refractivity contribution < 1.29 is 9.84 Å². The smallest absolute Gasteiger partial charge is 0.123 e. The van der Waals surface area contributed by atoms with Gasteiger partial charge in [0.05, 0.1) is 0 Å². The van der Waals surface area contributed by atoms with Gasteiger partial charge in [-0.1, -0.05) is 30.3 Å². The molecule has 0 spiro atoms. The van der Waals surface area contributed by atoms with Crippen LogP contribution in [0.3, 0.4) is 0 Å². The van der Waals surface area contributed by atoms with E-state index < -0.39 is 0 Å². The summed E-state index contributed by atoms with van der Waals surface area (Å²) in [5.74, 6) is 0.935. The Labute approximate surface area is 95.1 Å². The molecule has 2 aromatic rings. The van der Waals surface area contributed by atoms with Gasteiger partial charge in [-0.3, -0.25) is 0 Å². The topological polar surface area (TPSA) is 29.5 Å². The van der Waals surface area contributed by atoms with E-state index in [1.165, 1.54) is 0 Å². The van der Waals surface area contributed by atoms with Gasteiger partial charge in [0.1, 0.15) is 18.1 Å². The summed E-state index contributed by atoms with van der Waals surface area (Å²) in [6.45, 7) is 2.44. The summed E-state index contributed by atoms with van der Waals surface area (Å²) in [7, 11) is 0. The van der Waals surface area contributed by atoms with Crippen molar-refractivity contribution in [3.63, 3.8) is 0 Å². The molecule has 1 N–H and O–H groups in total. The maximum absolute atomic E-state index is 9.41. The molecule has 2 heteroatoms. The second-order valence-corrected chi connectivity index (χ2v) is 3.78. The molecule has 2 aromatic carbocycles. The Balaban J connectivity index is 2.05. The van der Waals surface area contributed by atoms with E-state index in [1.54, 1.807) is 12.1 Å². The standard InChI is InChI=1S/C14H14O2/c1-11-7-13(15)9-14(8-11)16-10-12-5-3-2-4-6-12/h2-9,15H,10H2,1H3. The molecular weight excluding hydrogens is 200 g/mol. The van der Waals surface area contributed by atoms with Crippen molar-refractivity contribution in [3.8, 4) is 11.5 Å². The molecule has 82 valence electrons. The number of aryl methyl sites for hydroxylation is 1. The first-order valence-electron chi connectivity index (χ1n) is 5.21. The van der Waals surface area contributed by atoms with E-state index in [0.717, 1.165) is 11.1 Å². The first-order valence-corrected chi connectivity index (χ1v) is 5.21. The first kappa shape index (κ1) is 10.6. The second kappa shape index (κ2) is 4.71. The molecule has 16 heavy (non-hydrogen) atoms. The lowest BCUT2D eigenvalue weighted by Crippen LogP contribution is -1.95. The van der Waals surface area contributed by atoms with Gasteiger partial charge in [0.15, 0.2) is 0 Å². The van der Waals surface area contributed by atoms with Crippen LogP contribution in [0.15, 0.2) is 48.5 Å². The number of phenolic OH excluding ortho intramolecular Hbond substituents is 1. The third-order valence-electron chi connectivity index (χ3n) is 2.28. The molecular formula is C14H14O2. The van der Waals surface area contributed by atoms with Crippen LogP contribution in [-0.4, -0.2) is 5.11 Å². The first-order chi connectivity index (χ1) is 7.74. The number of rotatable bonds is 3. The lowest BCUT2D eigenvalue weighted by molar-refractivity contribution is 0.304. The fourth-order valence-electron chi connectivity index (χ4n) is 1.55. The van der Waals surface area contributed by atoms with Crippen molar-refractivity contribution >= 4 is 0 Å². The van der Waals surface area contributed by atoms with E-state index in [-0.39, 0.29) is 5.75 Å². The van der Waals surface area contributed by atoms with Gasteiger partial charge in [0, 0.05) is 6.07 Å². The number of phenols is 1. The lowest BCUT2D eigenvalue weighted by atomic mass is 10.2. The minimum atomic E-state index is 0.239. The van der Waals surface area contributed by atoms with Crippen molar-refractivity contribution in [2.24, 2.45) is 0 Å². The molecule has 2 rings (SSSR count). The van der Waals surface area contributed by atoms with Crippen LogP contribution < -0.4 is 4.74 Å². The molecule has 0 aliphatic heterocycles. The minimum Gasteiger partial charge on any atom is -0.508 e. The average Bonchev–Trinajstić information content (AvgIpc) is 2.27. The summed E-state index contributed by atoms with van der Waals surface area (Å²) < 4.78 is 5.59. The minimum absolute atomic E-state index is 0.239. The van der Waals surface area contributed by atoms with Gasteiger partial charge in [0.25, 0.3) is 0 Å². The highest BCUT2D eigenvalue weighted by atomic mass is 16.5. The molecule has 0 saturated carbocycles. The average molecular weight is 214 g/mol. The van der Waals surface area contributed by atoms with Crippen molar-refractivity contribution in [2.75, 3.05) is 0 Å². The Bertz CT molecular complexity index is 443. The maximum Gasteiger partial charge on any atom is 0.123 e. The quantitative estimate of drug-likeness (QED) is 0.849. The monoisotopic (exact) mass is 214 g/mol. The van der Waals surface area contributed by atoms with Crippen LogP contribution in [-0.2, 0) is 6.61 Å². The van der Waals surface area contributed by atoms with Crippen molar-refractivity contribution in [2.45, 2.75) is 13.5 Å². The van der Waals surface area contributed by atoms with Crippen LogP contribution in [0.5, 0.6) is 11.5 Å². The molecule has 0 aliphatic carbocycles. The van der Waals surface area contributed by atoms with E-state index >= 15 is 0 Å². The molecule has 0 bridgehead atoms. The predicted octanol–water partition coefficient (Wildman–Crippen LogP) is 3.28. The zero-order valence-electron chi connectivity index (χ0n) is 9.18. The third-order valence-corrected chi connectivity index (χ3v) is 2.28. The molecule has 0 atom stereocenters. The van der Waals surface area contributed by atoms with Gasteiger partial charge in [-0.2, -0.15) is 0 Å². The summed E-state index contributed by atoms with van der Waals surface area (Å²) in [4.78, 5) is 0. The van der Waals surface area contributed by atoms with Gasteiger partial charge in [0.2, 0.25) is 0 Å². The molecule has 0 heterocycles. The summed E-state index contributed by atoms with van der Waals surface area (Å²) in [6.07, 6.45) is 0. The zero-order chi connectivity index (χ0) is 11.4. The van der Waals surface area contributed by atoms with Gasteiger partial charge in [-0.15, -0.1) is 0 Å². The Morgan fingerprint density at radius 2 is 1.81 bits per heavy atom. The Kier molecular flexibility index (Phi) is 3.10. The molecule has 0 fully saturated rings. The predicted molar refractivity (Wildman–Crippen MR) is 63.6 cm³/mol. The summed E-state index contributed by atoms with van der Waals surface area (Å²) in [5.41, 5.74) is 2.10. The molecule has 0 saturated heterocycles. The fraction of sp³-hybridized carbons (Fsp3) is 0.143. The van der Waals surface area contributed by atoms with Crippen LogP contribution in [0, 0.1) is 6.92 Å². The van der Waals surface area contributed by atoms with Gasteiger partial charge in [-0.25, -0.2) is 0 Å². The molecule has 0 aromatic heterocycles. The maximum atomic E-state index is 9.41. The van der Waals surface area contributed by atoms with Crippen LogP contribution >= 0.6 is 0 Å². The van der Waals surface area contributed by atoms with Crippen molar-refractivity contribution in [1.82, 2.24) is 0 Å². The summed E-state index contributed by atoms with van der Waals surface area (Å²) in [6, 6.07) is 15.2. The summed E-state index contributed by atoms with van der Waals surface area (Å²) in [5, 5.41) is 9.41. The number of ether oxygens (including phenoxy) is 1. The van der Waals surface area contributed by atoms with Gasteiger partial charge >= 0.3 is 0 Å². The number of aromatic hydroxyl groups is 1. The molecule has 0 radical (unpaired) electrons. The van der Waals surface area contributed by atoms with E-state index in [4.69, 9.17) is 4.74 Å². The van der Waals surface area contributed by atoms with E-state index in [1.807, 2.05) is 43.3 Å². The van der Waals surface area contributed by atoms with Gasteiger partial charge in [-0.05, 0) is 30.2 Å². The van der Waals surface area contributed by atoms with Crippen molar-refractivity contribution in [3.05, 3.63) is 59.7 Å². The molecule has 0 amide bonds. The second-order valence-electron chi connectivity index (χ2n) is 3.78. The number of hydrogen-bond acceptors (Lipinski definition) is 2. The fourth-order valence-corrected chi connectivity index (χ4v) is 1.55. The largest absolute Gasteiger partial charge is 0.508 e. The Morgan fingerprint density at radius 3 is 2.50 bits per heavy atom. The number of benzene rings is 2. The molecule has 0 unspecified atom stereocenters. The third kappa shape index (κ3) is 2.76. The van der Waals surface area contributed by atoms with Crippen LogP contribution in [0.4, 0.5) is 0 Å². The van der Waals surface area contributed by atoms with Crippen molar-refractivity contribution in [1.29, 1.82) is 0 Å².